The van der Waals surface area contributed by atoms with Crippen molar-refractivity contribution >= 4 is 17.7 Å². The SMILES string of the molecule is CCCC1CCNC(C(=O)NC(CCC)C2OC(SC)C(O)C(O)C2O)C1. The van der Waals surface area contributed by atoms with Crippen LogP contribution in [0.2, 0.25) is 0 Å². The van der Waals surface area contributed by atoms with Crippen LogP contribution >= 0.6 is 11.8 Å². The van der Waals surface area contributed by atoms with E-state index in [1.165, 1.54) is 11.8 Å². The molecule has 0 bridgehead atoms. The summed E-state index contributed by atoms with van der Waals surface area (Å²) in [6.45, 7) is 5.00. The highest BCUT2D eigenvalue weighted by Gasteiger charge is 2.46. The van der Waals surface area contributed by atoms with Gasteiger partial charge in [0.15, 0.2) is 0 Å². The van der Waals surface area contributed by atoms with E-state index in [2.05, 4.69) is 17.6 Å². The molecule has 1 amide bonds. The molecule has 2 fully saturated rings. The molecule has 0 aliphatic carbocycles. The zero-order valence-corrected chi connectivity index (χ0v) is 17.5. The average molecular weight is 405 g/mol. The molecule has 27 heavy (non-hydrogen) atoms. The van der Waals surface area contributed by atoms with Crippen LogP contribution in [-0.2, 0) is 9.53 Å². The van der Waals surface area contributed by atoms with Crippen molar-refractivity contribution in [3.8, 4) is 0 Å². The van der Waals surface area contributed by atoms with Crippen molar-refractivity contribution in [1.29, 1.82) is 0 Å². The van der Waals surface area contributed by atoms with Gasteiger partial charge in [0.2, 0.25) is 5.91 Å². The number of carbonyl (C=O) groups excluding carboxylic acids is 1. The third kappa shape index (κ3) is 5.81. The minimum absolute atomic E-state index is 0.0774. The standard InChI is InChI=1S/C19H36N2O5S/c1-4-6-11-8-9-20-13(10-11)18(25)21-12(7-5-2)17-15(23)14(22)16(24)19(26-17)27-3/h11-17,19-20,22-24H,4-10H2,1-3H3,(H,21,25). The van der Waals surface area contributed by atoms with E-state index in [1.807, 2.05) is 6.92 Å². The van der Waals surface area contributed by atoms with E-state index >= 15 is 0 Å². The molecular formula is C19H36N2O5S. The van der Waals surface area contributed by atoms with E-state index in [0.717, 1.165) is 38.6 Å². The Labute approximate surface area is 166 Å². The van der Waals surface area contributed by atoms with Crippen LogP contribution in [0.5, 0.6) is 0 Å². The number of aliphatic hydroxyl groups excluding tert-OH is 3. The number of aliphatic hydroxyl groups is 3. The predicted octanol–water partition coefficient (Wildman–Crippen LogP) is 0.610. The first-order valence-electron chi connectivity index (χ1n) is 10.2. The zero-order valence-electron chi connectivity index (χ0n) is 16.6. The Morgan fingerprint density at radius 1 is 1.22 bits per heavy atom. The fourth-order valence-electron chi connectivity index (χ4n) is 4.18. The van der Waals surface area contributed by atoms with Gasteiger partial charge in [-0.05, 0) is 38.0 Å². The number of rotatable bonds is 8. The molecule has 0 aromatic rings. The van der Waals surface area contributed by atoms with E-state index in [4.69, 9.17) is 4.74 Å². The lowest BCUT2D eigenvalue weighted by Gasteiger charge is -2.43. The highest BCUT2D eigenvalue weighted by Crippen LogP contribution is 2.30. The van der Waals surface area contributed by atoms with Crippen molar-refractivity contribution < 1.29 is 24.9 Å². The molecule has 0 aromatic heterocycles. The number of amides is 1. The molecule has 2 heterocycles. The summed E-state index contributed by atoms with van der Waals surface area (Å²) in [6.07, 6.45) is 2.94. The van der Waals surface area contributed by atoms with Gasteiger partial charge in [-0.25, -0.2) is 0 Å². The van der Waals surface area contributed by atoms with Gasteiger partial charge in [-0.15, -0.1) is 11.8 Å². The number of hydrogen-bond donors (Lipinski definition) is 5. The first kappa shape index (κ1) is 22.9. The molecule has 8 atom stereocenters. The van der Waals surface area contributed by atoms with Gasteiger partial charge in [0.1, 0.15) is 29.9 Å². The molecule has 158 valence electrons. The van der Waals surface area contributed by atoms with Crippen molar-refractivity contribution in [2.75, 3.05) is 12.8 Å². The van der Waals surface area contributed by atoms with Gasteiger partial charge in [-0.3, -0.25) is 4.79 Å². The van der Waals surface area contributed by atoms with Crippen LogP contribution in [0.3, 0.4) is 0 Å². The Kier molecular flexibility index (Phi) is 9.31. The molecule has 0 saturated carbocycles. The summed E-state index contributed by atoms with van der Waals surface area (Å²) in [5.74, 6) is 0.484. The molecule has 2 aliphatic rings. The Bertz CT molecular complexity index is 465. The molecule has 0 aromatic carbocycles. The molecule has 2 aliphatic heterocycles. The van der Waals surface area contributed by atoms with Crippen LogP contribution < -0.4 is 10.6 Å². The monoisotopic (exact) mass is 404 g/mol. The van der Waals surface area contributed by atoms with Gasteiger partial charge in [-0.1, -0.05) is 33.1 Å². The summed E-state index contributed by atoms with van der Waals surface area (Å²) in [5, 5.41) is 37.0. The van der Waals surface area contributed by atoms with Gasteiger partial charge in [0.25, 0.3) is 0 Å². The first-order valence-corrected chi connectivity index (χ1v) is 11.5. The average Bonchev–Trinajstić information content (AvgIpc) is 2.66. The van der Waals surface area contributed by atoms with E-state index < -0.39 is 35.9 Å². The lowest BCUT2D eigenvalue weighted by molar-refractivity contribution is -0.205. The van der Waals surface area contributed by atoms with Gasteiger partial charge < -0.3 is 30.7 Å². The number of hydrogen-bond acceptors (Lipinski definition) is 7. The van der Waals surface area contributed by atoms with Crippen LogP contribution in [0.15, 0.2) is 0 Å². The maximum Gasteiger partial charge on any atom is 0.237 e. The number of carbonyl (C=O) groups is 1. The third-order valence-electron chi connectivity index (χ3n) is 5.69. The van der Waals surface area contributed by atoms with E-state index in [1.54, 1.807) is 6.26 Å². The third-order valence-corrected chi connectivity index (χ3v) is 6.54. The largest absolute Gasteiger partial charge is 0.388 e. The number of ether oxygens (including phenoxy) is 1. The Morgan fingerprint density at radius 3 is 2.59 bits per heavy atom. The minimum atomic E-state index is -1.29. The minimum Gasteiger partial charge on any atom is -0.388 e. The molecule has 5 N–H and O–H groups in total. The summed E-state index contributed by atoms with van der Waals surface area (Å²) < 4.78 is 5.86. The molecule has 0 spiro atoms. The van der Waals surface area contributed by atoms with Crippen molar-refractivity contribution in [2.45, 2.75) is 94.3 Å². The summed E-state index contributed by atoms with van der Waals surface area (Å²) in [6, 6.07) is -0.648. The lowest BCUT2D eigenvalue weighted by Crippen LogP contribution is -2.63. The molecule has 0 radical (unpaired) electrons. The second-order valence-corrected chi connectivity index (χ2v) is 8.70. The molecule has 8 unspecified atom stereocenters. The number of nitrogens with one attached hydrogen (secondary N) is 2. The van der Waals surface area contributed by atoms with Crippen molar-refractivity contribution in [3.05, 3.63) is 0 Å². The topological polar surface area (TPSA) is 111 Å². The Morgan fingerprint density at radius 2 is 1.96 bits per heavy atom. The molecule has 2 saturated heterocycles. The highest BCUT2D eigenvalue weighted by molar-refractivity contribution is 7.99. The number of thioether (sulfide) groups is 1. The van der Waals surface area contributed by atoms with Crippen LogP contribution in [0.25, 0.3) is 0 Å². The highest BCUT2D eigenvalue weighted by atomic mass is 32.2. The second kappa shape index (κ2) is 11.0. The predicted molar refractivity (Wildman–Crippen MR) is 106 cm³/mol. The second-order valence-electron chi connectivity index (χ2n) is 7.77. The van der Waals surface area contributed by atoms with Crippen molar-refractivity contribution in [2.24, 2.45) is 5.92 Å². The van der Waals surface area contributed by atoms with Crippen LogP contribution in [0.4, 0.5) is 0 Å². The molecular weight excluding hydrogens is 368 g/mol. The summed E-state index contributed by atoms with van der Waals surface area (Å²) >= 11 is 1.28. The fourth-order valence-corrected chi connectivity index (χ4v) is 4.86. The molecule has 7 nitrogen and oxygen atoms in total. The van der Waals surface area contributed by atoms with Crippen molar-refractivity contribution in [1.82, 2.24) is 10.6 Å². The van der Waals surface area contributed by atoms with E-state index in [0.29, 0.717) is 12.3 Å². The summed E-state index contributed by atoms with van der Waals surface area (Å²) in [4.78, 5) is 12.9. The van der Waals surface area contributed by atoms with Crippen molar-refractivity contribution in [3.63, 3.8) is 0 Å². The maximum absolute atomic E-state index is 12.9. The smallest absolute Gasteiger partial charge is 0.237 e. The normalized spacial score (nSPS) is 38.4. The Balaban J connectivity index is 2.04. The van der Waals surface area contributed by atoms with E-state index in [9.17, 15) is 20.1 Å². The van der Waals surface area contributed by atoms with Gasteiger partial charge >= 0.3 is 0 Å². The summed E-state index contributed by atoms with van der Waals surface area (Å²) in [5.41, 5.74) is -0.633. The quantitative estimate of drug-likeness (QED) is 0.403. The fraction of sp³-hybridized carbons (Fsp3) is 0.947. The van der Waals surface area contributed by atoms with Gasteiger partial charge in [-0.2, -0.15) is 0 Å². The zero-order chi connectivity index (χ0) is 20.0. The van der Waals surface area contributed by atoms with Gasteiger partial charge in [0.05, 0.1) is 12.1 Å². The number of piperidine rings is 1. The maximum atomic E-state index is 12.9. The summed E-state index contributed by atoms with van der Waals surface area (Å²) in [7, 11) is 0. The lowest BCUT2D eigenvalue weighted by atomic mass is 9.88. The first-order chi connectivity index (χ1) is 12.9. The Hall–Kier alpha value is -0.380. The van der Waals surface area contributed by atoms with E-state index in [-0.39, 0.29) is 11.9 Å². The molecule has 2 rings (SSSR count). The van der Waals surface area contributed by atoms with Crippen LogP contribution in [0, 0.1) is 5.92 Å². The van der Waals surface area contributed by atoms with Gasteiger partial charge in [0, 0.05) is 0 Å². The molecule has 8 heteroatoms. The van der Waals surface area contributed by atoms with Crippen LogP contribution in [0.1, 0.15) is 52.4 Å². The van der Waals surface area contributed by atoms with Crippen LogP contribution in [-0.4, -0.2) is 76.0 Å².